The van der Waals surface area contributed by atoms with Crippen LogP contribution >= 0.6 is 24.0 Å². The second kappa shape index (κ2) is 4.50. The van der Waals surface area contributed by atoms with Crippen molar-refractivity contribution in [1.29, 1.82) is 0 Å². The van der Waals surface area contributed by atoms with Gasteiger partial charge >= 0.3 is 0 Å². The predicted molar refractivity (Wildman–Crippen MR) is 80.9 cm³/mol. The van der Waals surface area contributed by atoms with Crippen molar-refractivity contribution in [3.63, 3.8) is 0 Å². The van der Waals surface area contributed by atoms with Gasteiger partial charge in [-0.3, -0.25) is 15.1 Å². The zero-order chi connectivity index (χ0) is 13.5. The molecule has 0 fully saturated rings. The van der Waals surface area contributed by atoms with Crippen molar-refractivity contribution >= 4 is 34.7 Å². The molecule has 0 saturated heterocycles. The second-order valence-electron chi connectivity index (χ2n) is 4.63. The number of hydrogen-bond acceptors (Lipinski definition) is 5. The van der Waals surface area contributed by atoms with Crippen LogP contribution in [0.3, 0.4) is 0 Å². The molecule has 0 radical (unpaired) electrons. The first-order chi connectivity index (χ1) is 9.08. The van der Waals surface area contributed by atoms with Crippen molar-refractivity contribution in [2.24, 2.45) is 5.10 Å². The topological polar surface area (TPSA) is 58.0 Å². The fraction of sp³-hybridized carbons (Fsp3) is 0.250. The highest BCUT2D eigenvalue weighted by Gasteiger charge is 2.37. The summed E-state index contributed by atoms with van der Waals surface area (Å²) in [5.41, 5.74) is 3.99. The van der Waals surface area contributed by atoms with Crippen LogP contribution in [0.1, 0.15) is 19.7 Å². The molecule has 3 rings (SSSR count). The monoisotopic (exact) mass is 291 g/mol. The number of H-pyrrole nitrogens is 1. The molecule has 0 atom stereocenters. The van der Waals surface area contributed by atoms with E-state index in [1.807, 2.05) is 34.9 Å². The van der Waals surface area contributed by atoms with Crippen LogP contribution in [0.4, 0.5) is 5.69 Å². The minimum absolute atomic E-state index is 0.170. The molecule has 0 bridgehead atoms. The van der Waals surface area contributed by atoms with E-state index in [-0.39, 0.29) is 4.87 Å². The van der Waals surface area contributed by atoms with Crippen LogP contribution in [0.15, 0.2) is 35.4 Å². The maximum Gasteiger partial charge on any atom is 0.196 e. The summed E-state index contributed by atoms with van der Waals surface area (Å²) < 4.78 is 2.61. The quantitative estimate of drug-likeness (QED) is 0.659. The fourth-order valence-corrected chi connectivity index (χ4v) is 3.45. The van der Waals surface area contributed by atoms with Gasteiger partial charge in [0.2, 0.25) is 0 Å². The van der Waals surface area contributed by atoms with Crippen LogP contribution < -0.4 is 5.43 Å². The van der Waals surface area contributed by atoms with E-state index in [4.69, 9.17) is 12.2 Å². The lowest BCUT2D eigenvalue weighted by Crippen LogP contribution is -2.17. The molecule has 1 aliphatic rings. The lowest BCUT2D eigenvalue weighted by Gasteiger charge is -2.17. The van der Waals surface area contributed by atoms with Gasteiger partial charge in [-0.1, -0.05) is 30.0 Å². The Labute approximate surface area is 120 Å². The molecule has 2 N–H and O–H groups in total. The summed E-state index contributed by atoms with van der Waals surface area (Å²) in [5.74, 6) is 0.781. The average Bonchev–Trinajstić information content (AvgIpc) is 2.89. The summed E-state index contributed by atoms with van der Waals surface area (Å²) in [4.78, 5) is -0.170. The van der Waals surface area contributed by atoms with Gasteiger partial charge in [0.05, 0.1) is 10.6 Å². The van der Waals surface area contributed by atoms with E-state index in [2.05, 4.69) is 34.6 Å². The van der Waals surface area contributed by atoms with Crippen LogP contribution in [0.2, 0.25) is 0 Å². The SMILES string of the molecule is CC1(C)S/C(=N\Nc2ccccc2)c2n[nH]c(=S)n21. The molecule has 0 spiro atoms. The molecule has 1 aliphatic heterocycles. The second-order valence-corrected chi connectivity index (χ2v) is 6.61. The Morgan fingerprint density at radius 1 is 1.37 bits per heavy atom. The molecular formula is C12H13N5S2. The summed E-state index contributed by atoms with van der Waals surface area (Å²) >= 11 is 6.89. The van der Waals surface area contributed by atoms with Crippen LogP contribution in [0, 0.1) is 4.77 Å². The Kier molecular flexibility index (Phi) is 2.94. The summed E-state index contributed by atoms with van der Waals surface area (Å²) in [6, 6.07) is 9.82. The maximum atomic E-state index is 5.25. The molecule has 1 aromatic carbocycles. The molecular weight excluding hydrogens is 278 g/mol. The van der Waals surface area contributed by atoms with Gasteiger partial charge in [0.25, 0.3) is 0 Å². The Hall–Kier alpha value is -1.60. The summed E-state index contributed by atoms with van der Waals surface area (Å²) in [6.07, 6.45) is 0. The number of aromatic amines is 1. The minimum atomic E-state index is -0.170. The lowest BCUT2D eigenvalue weighted by atomic mass is 10.3. The zero-order valence-electron chi connectivity index (χ0n) is 10.5. The number of thioether (sulfide) groups is 1. The smallest absolute Gasteiger partial charge is 0.196 e. The maximum absolute atomic E-state index is 5.25. The molecule has 0 aliphatic carbocycles. The minimum Gasteiger partial charge on any atom is -0.283 e. The summed E-state index contributed by atoms with van der Waals surface area (Å²) in [6.45, 7) is 4.19. The summed E-state index contributed by atoms with van der Waals surface area (Å²) in [7, 11) is 0. The highest BCUT2D eigenvalue weighted by molar-refractivity contribution is 8.15. The lowest BCUT2D eigenvalue weighted by molar-refractivity contribution is 0.537. The average molecular weight is 291 g/mol. The first kappa shape index (κ1) is 12.4. The Balaban J connectivity index is 1.94. The predicted octanol–water partition coefficient (Wildman–Crippen LogP) is 3.15. The molecule has 98 valence electrons. The van der Waals surface area contributed by atoms with E-state index >= 15 is 0 Å². The fourth-order valence-electron chi connectivity index (χ4n) is 1.97. The number of nitrogens with zero attached hydrogens (tertiary/aromatic N) is 3. The van der Waals surface area contributed by atoms with E-state index in [1.165, 1.54) is 0 Å². The molecule has 1 aromatic heterocycles. The molecule has 5 nitrogen and oxygen atoms in total. The van der Waals surface area contributed by atoms with Gasteiger partial charge in [-0.2, -0.15) is 10.2 Å². The molecule has 2 aromatic rings. The van der Waals surface area contributed by atoms with Gasteiger partial charge in [0.1, 0.15) is 0 Å². The van der Waals surface area contributed by atoms with E-state index in [9.17, 15) is 0 Å². The Morgan fingerprint density at radius 3 is 2.84 bits per heavy atom. The highest BCUT2D eigenvalue weighted by Crippen LogP contribution is 2.40. The largest absolute Gasteiger partial charge is 0.283 e. The van der Waals surface area contributed by atoms with Crippen molar-refractivity contribution in [1.82, 2.24) is 14.8 Å². The number of anilines is 1. The number of para-hydroxylation sites is 1. The number of benzene rings is 1. The summed E-state index contributed by atoms with van der Waals surface area (Å²) in [5, 5.41) is 12.3. The van der Waals surface area contributed by atoms with Crippen molar-refractivity contribution in [2.75, 3.05) is 5.43 Å². The third kappa shape index (κ3) is 2.19. The van der Waals surface area contributed by atoms with Gasteiger partial charge in [-0.15, -0.1) is 0 Å². The first-order valence-electron chi connectivity index (χ1n) is 5.84. The number of hydrogen-bond donors (Lipinski definition) is 2. The molecule has 19 heavy (non-hydrogen) atoms. The van der Waals surface area contributed by atoms with E-state index < -0.39 is 0 Å². The van der Waals surface area contributed by atoms with E-state index in [0.717, 1.165) is 16.6 Å². The Bertz CT molecular complexity index is 684. The molecule has 0 saturated carbocycles. The van der Waals surface area contributed by atoms with Crippen molar-refractivity contribution in [2.45, 2.75) is 18.7 Å². The van der Waals surface area contributed by atoms with Crippen molar-refractivity contribution < 1.29 is 0 Å². The number of aromatic nitrogens is 3. The van der Waals surface area contributed by atoms with Gasteiger partial charge in [-0.25, -0.2) is 0 Å². The van der Waals surface area contributed by atoms with Crippen LogP contribution in [0.5, 0.6) is 0 Å². The van der Waals surface area contributed by atoms with Gasteiger partial charge in [-0.05, 0) is 38.2 Å². The molecule has 0 unspecified atom stereocenters. The standard InChI is InChI=1S/C12H13N5S2/c1-12(2)17-9(14-16-11(17)18)10(19-12)15-13-8-6-4-3-5-7-8/h3-7,13H,1-2H3,(H,16,18)/b15-10-. The number of hydrazone groups is 1. The third-order valence-electron chi connectivity index (χ3n) is 2.81. The first-order valence-corrected chi connectivity index (χ1v) is 7.06. The molecule has 7 heteroatoms. The van der Waals surface area contributed by atoms with Gasteiger partial charge in [0, 0.05) is 0 Å². The van der Waals surface area contributed by atoms with Crippen molar-refractivity contribution in [3.8, 4) is 0 Å². The normalized spacial score (nSPS) is 18.5. The number of nitrogens with one attached hydrogen (secondary N) is 2. The van der Waals surface area contributed by atoms with E-state index in [0.29, 0.717) is 4.77 Å². The third-order valence-corrected chi connectivity index (χ3v) is 4.23. The highest BCUT2D eigenvalue weighted by atomic mass is 32.2. The Morgan fingerprint density at radius 2 is 2.11 bits per heavy atom. The zero-order valence-corrected chi connectivity index (χ0v) is 12.2. The van der Waals surface area contributed by atoms with Gasteiger partial charge in [0.15, 0.2) is 15.6 Å². The van der Waals surface area contributed by atoms with E-state index in [1.54, 1.807) is 11.8 Å². The van der Waals surface area contributed by atoms with Crippen LogP contribution in [-0.2, 0) is 4.87 Å². The van der Waals surface area contributed by atoms with Gasteiger partial charge < -0.3 is 0 Å². The number of fused-ring (bicyclic) bond motifs is 1. The van der Waals surface area contributed by atoms with Crippen LogP contribution in [0.25, 0.3) is 0 Å². The molecule has 2 heterocycles. The number of rotatable bonds is 2. The molecule has 0 amide bonds. The van der Waals surface area contributed by atoms with Crippen molar-refractivity contribution in [3.05, 3.63) is 40.9 Å². The van der Waals surface area contributed by atoms with Crippen LogP contribution in [-0.4, -0.2) is 19.8 Å².